The van der Waals surface area contributed by atoms with Crippen molar-refractivity contribution in [2.24, 2.45) is 0 Å². The Balaban J connectivity index is 2.10. The Labute approximate surface area is 109 Å². The van der Waals surface area contributed by atoms with Crippen molar-refractivity contribution in [1.82, 2.24) is 0 Å². The van der Waals surface area contributed by atoms with Gasteiger partial charge in [0.15, 0.2) is 0 Å². The first-order chi connectivity index (χ1) is 8.69. The highest BCUT2D eigenvalue weighted by atomic mass is 15.1. The maximum Gasteiger partial charge on any atom is 0.0361 e. The van der Waals surface area contributed by atoms with Crippen LogP contribution in [0.1, 0.15) is 16.7 Å². The maximum atomic E-state index is 3.77. The molecule has 2 rings (SSSR count). The third-order valence-corrected chi connectivity index (χ3v) is 3.08. The van der Waals surface area contributed by atoms with Gasteiger partial charge in [-0.15, -0.1) is 0 Å². The fourth-order valence-electron chi connectivity index (χ4n) is 1.92. The summed E-state index contributed by atoms with van der Waals surface area (Å²) in [5.41, 5.74) is 5.08. The van der Waals surface area contributed by atoms with Crippen LogP contribution in [0, 0.1) is 0 Å². The number of anilines is 1. The monoisotopic (exact) mass is 237 g/mol. The maximum absolute atomic E-state index is 3.77. The molecule has 0 aromatic heterocycles. The van der Waals surface area contributed by atoms with Gasteiger partial charge in [0, 0.05) is 19.8 Å². The second-order valence-corrected chi connectivity index (χ2v) is 4.68. The summed E-state index contributed by atoms with van der Waals surface area (Å²) in [4.78, 5) is 2.11. The fraction of sp³-hybridized carbons (Fsp3) is 0.176. The molecular formula is C17H19N. The zero-order valence-corrected chi connectivity index (χ0v) is 11.1. The van der Waals surface area contributed by atoms with Crippen LogP contribution < -0.4 is 4.90 Å². The largest absolute Gasteiger partial charge is 0.378 e. The van der Waals surface area contributed by atoms with Gasteiger partial charge in [-0.05, 0) is 35.2 Å². The lowest BCUT2D eigenvalue weighted by molar-refractivity contribution is 1.12. The summed E-state index contributed by atoms with van der Waals surface area (Å²) in [6, 6.07) is 17.2. The molecule has 1 heteroatoms. The van der Waals surface area contributed by atoms with Crippen molar-refractivity contribution < 1.29 is 0 Å². The first-order valence-electron chi connectivity index (χ1n) is 6.16. The van der Waals surface area contributed by atoms with Gasteiger partial charge in [-0.25, -0.2) is 0 Å². The Morgan fingerprint density at radius 3 is 1.83 bits per heavy atom. The number of benzene rings is 2. The molecule has 0 N–H and O–H groups in total. The minimum absolute atomic E-state index is 0.977. The molecule has 2 aromatic carbocycles. The van der Waals surface area contributed by atoms with Crippen LogP contribution in [0.15, 0.2) is 55.1 Å². The summed E-state index contributed by atoms with van der Waals surface area (Å²) >= 11 is 0. The molecule has 0 amide bonds. The van der Waals surface area contributed by atoms with E-state index in [9.17, 15) is 0 Å². The van der Waals surface area contributed by atoms with Crippen molar-refractivity contribution in [3.63, 3.8) is 0 Å². The molecule has 1 nitrogen and oxygen atoms in total. The molecule has 0 atom stereocenters. The molecule has 18 heavy (non-hydrogen) atoms. The van der Waals surface area contributed by atoms with Gasteiger partial charge in [0.2, 0.25) is 0 Å². The normalized spacial score (nSPS) is 10.1. The van der Waals surface area contributed by atoms with E-state index in [0.29, 0.717) is 0 Å². The molecule has 0 heterocycles. The Morgan fingerprint density at radius 2 is 1.39 bits per heavy atom. The van der Waals surface area contributed by atoms with Crippen LogP contribution in [-0.2, 0) is 6.42 Å². The highest BCUT2D eigenvalue weighted by Crippen LogP contribution is 2.16. The van der Waals surface area contributed by atoms with E-state index in [2.05, 4.69) is 74.1 Å². The van der Waals surface area contributed by atoms with Gasteiger partial charge >= 0.3 is 0 Å². The number of rotatable bonds is 4. The van der Waals surface area contributed by atoms with Crippen molar-refractivity contribution >= 4 is 11.8 Å². The summed E-state index contributed by atoms with van der Waals surface area (Å²) in [5.74, 6) is 0. The van der Waals surface area contributed by atoms with E-state index in [0.717, 1.165) is 6.42 Å². The third kappa shape index (κ3) is 3.01. The third-order valence-electron chi connectivity index (χ3n) is 3.08. The van der Waals surface area contributed by atoms with Crippen LogP contribution >= 0.6 is 0 Å². The molecular weight excluding hydrogens is 218 g/mol. The van der Waals surface area contributed by atoms with Gasteiger partial charge in [-0.3, -0.25) is 0 Å². The van der Waals surface area contributed by atoms with E-state index in [4.69, 9.17) is 0 Å². The molecule has 2 aromatic rings. The average molecular weight is 237 g/mol. The standard InChI is InChI=1S/C17H19N/c1-4-14-5-7-15(8-6-14)13-16-9-11-17(12-10-16)18(2)3/h4-12H,1,13H2,2-3H3. The first-order valence-corrected chi connectivity index (χ1v) is 6.16. The lowest BCUT2D eigenvalue weighted by Crippen LogP contribution is -2.08. The molecule has 0 fully saturated rings. The molecule has 0 aliphatic rings. The van der Waals surface area contributed by atoms with Gasteiger partial charge in [-0.1, -0.05) is 49.1 Å². The number of hydrogen-bond acceptors (Lipinski definition) is 1. The molecule has 92 valence electrons. The van der Waals surface area contributed by atoms with E-state index in [1.807, 2.05) is 6.08 Å². The smallest absolute Gasteiger partial charge is 0.0361 e. The van der Waals surface area contributed by atoms with Crippen LogP contribution in [-0.4, -0.2) is 14.1 Å². The Bertz CT molecular complexity index is 506. The van der Waals surface area contributed by atoms with Gasteiger partial charge in [0.1, 0.15) is 0 Å². The topological polar surface area (TPSA) is 3.24 Å². The Hall–Kier alpha value is -2.02. The molecule has 0 spiro atoms. The van der Waals surface area contributed by atoms with Crippen LogP contribution in [0.2, 0.25) is 0 Å². The van der Waals surface area contributed by atoms with Crippen molar-refractivity contribution in [3.8, 4) is 0 Å². The molecule has 0 aliphatic heterocycles. The molecule has 0 unspecified atom stereocenters. The molecule has 0 saturated carbocycles. The van der Waals surface area contributed by atoms with Gasteiger partial charge in [0.05, 0.1) is 0 Å². The van der Waals surface area contributed by atoms with E-state index < -0.39 is 0 Å². The van der Waals surface area contributed by atoms with E-state index in [-0.39, 0.29) is 0 Å². The molecule has 0 saturated heterocycles. The predicted molar refractivity (Wildman–Crippen MR) is 80.1 cm³/mol. The quantitative estimate of drug-likeness (QED) is 0.777. The van der Waals surface area contributed by atoms with Crippen LogP contribution in [0.3, 0.4) is 0 Å². The SMILES string of the molecule is C=Cc1ccc(Cc2ccc(N(C)C)cc2)cc1. The highest BCUT2D eigenvalue weighted by molar-refractivity contribution is 5.49. The summed E-state index contributed by atoms with van der Waals surface area (Å²) < 4.78 is 0. The first kappa shape index (κ1) is 12.4. The van der Waals surface area contributed by atoms with Crippen LogP contribution in [0.5, 0.6) is 0 Å². The second kappa shape index (κ2) is 5.54. The lowest BCUT2D eigenvalue weighted by atomic mass is 10.0. The van der Waals surface area contributed by atoms with Crippen LogP contribution in [0.4, 0.5) is 5.69 Å². The van der Waals surface area contributed by atoms with Gasteiger partial charge in [-0.2, -0.15) is 0 Å². The summed E-state index contributed by atoms with van der Waals surface area (Å²) in [6.45, 7) is 3.77. The number of nitrogens with zero attached hydrogens (tertiary/aromatic N) is 1. The minimum Gasteiger partial charge on any atom is -0.378 e. The van der Waals surface area contributed by atoms with Crippen molar-refractivity contribution in [1.29, 1.82) is 0 Å². The molecule has 0 radical (unpaired) electrons. The molecule has 0 bridgehead atoms. The zero-order chi connectivity index (χ0) is 13.0. The summed E-state index contributed by atoms with van der Waals surface area (Å²) in [5, 5.41) is 0. The van der Waals surface area contributed by atoms with Crippen molar-refractivity contribution in [2.75, 3.05) is 19.0 Å². The van der Waals surface area contributed by atoms with E-state index in [1.165, 1.54) is 22.4 Å². The Morgan fingerprint density at radius 1 is 0.889 bits per heavy atom. The fourth-order valence-corrected chi connectivity index (χ4v) is 1.92. The average Bonchev–Trinajstić information content (AvgIpc) is 2.40. The lowest BCUT2D eigenvalue weighted by Gasteiger charge is -2.12. The summed E-state index contributed by atoms with van der Waals surface area (Å²) in [6.07, 6.45) is 2.85. The van der Waals surface area contributed by atoms with Crippen molar-refractivity contribution in [3.05, 3.63) is 71.8 Å². The molecule has 0 aliphatic carbocycles. The Kier molecular flexibility index (Phi) is 3.83. The van der Waals surface area contributed by atoms with Crippen molar-refractivity contribution in [2.45, 2.75) is 6.42 Å². The zero-order valence-electron chi connectivity index (χ0n) is 11.1. The second-order valence-electron chi connectivity index (χ2n) is 4.68. The highest BCUT2D eigenvalue weighted by Gasteiger charge is 1.98. The summed E-state index contributed by atoms with van der Waals surface area (Å²) in [7, 11) is 4.12. The minimum atomic E-state index is 0.977. The van der Waals surface area contributed by atoms with Gasteiger partial charge in [0.25, 0.3) is 0 Å². The van der Waals surface area contributed by atoms with Gasteiger partial charge < -0.3 is 4.90 Å². The number of hydrogen-bond donors (Lipinski definition) is 0. The van der Waals surface area contributed by atoms with E-state index >= 15 is 0 Å². The van der Waals surface area contributed by atoms with E-state index in [1.54, 1.807) is 0 Å². The van der Waals surface area contributed by atoms with Crippen LogP contribution in [0.25, 0.3) is 6.08 Å². The predicted octanol–water partition coefficient (Wildman–Crippen LogP) is 3.99.